The Labute approximate surface area is 135 Å². The Hall–Kier alpha value is -1.55. The third-order valence-electron chi connectivity index (χ3n) is 3.97. The van der Waals surface area contributed by atoms with Crippen molar-refractivity contribution in [3.63, 3.8) is 0 Å². The lowest BCUT2D eigenvalue weighted by Crippen LogP contribution is -2.40. The first-order valence-corrected chi connectivity index (χ1v) is 10.6. The van der Waals surface area contributed by atoms with E-state index in [9.17, 15) is 4.79 Å². The normalized spacial score (nSPS) is 11.0. The molecule has 0 aliphatic carbocycles. The molecular formula is C18H28O3Si. The first kappa shape index (κ1) is 18.5. The van der Waals surface area contributed by atoms with E-state index in [1.807, 2.05) is 30.3 Å². The molecule has 0 unspecified atom stereocenters. The number of hydrogen-bond acceptors (Lipinski definition) is 3. The van der Waals surface area contributed by atoms with E-state index in [4.69, 9.17) is 9.16 Å². The van der Waals surface area contributed by atoms with E-state index in [-0.39, 0.29) is 5.97 Å². The largest absolute Gasteiger partial charge is 0.543 e. The lowest BCUT2D eigenvalue weighted by atomic mass is 10.3. The van der Waals surface area contributed by atoms with Crippen molar-refractivity contribution in [1.29, 1.82) is 0 Å². The van der Waals surface area contributed by atoms with E-state index in [1.54, 1.807) is 6.92 Å². The van der Waals surface area contributed by atoms with Gasteiger partial charge in [0.1, 0.15) is 5.75 Å². The summed E-state index contributed by atoms with van der Waals surface area (Å²) in [6.07, 6.45) is 1.91. The molecule has 0 aromatic heterocycles. The van der Waals surface area contributed by atoms with Crippen LogP contribution in [0.1, 0.15) is 33.6 Å². The molecule has 22 heavy (non-hydrogen) atoms. The van der Waals surface area contributed by atoms with Crippen LogP contribution in [-0.4, -0.2) is 20.9 Å². The highest BCUT2D eigenvalue weighted by atomic mass is 28.4. The summed E-state index contributed by atoms with van der Waals surface area (Å²) in [6.45, 7) is 10.2. The molecule has 0 saturated carbocycles. The molecule has 0 atom stereocenters. The summed E-state index contributed by atoms with van der Waals surface area (Å²) in [4.78, 5) is 11.3. The van der Waals surface area contributed by atoms with Gasteiger partial charge in [-0.15, -0.1) is 0 Å². The smallest absolute Gasteiger partial charge is 0.333 e. The van der Waals surface area contributed by atoms with E-state index in [0.29, 0.717) is 12.2 Å². The lowest BCUT2D eigenvalue weighted by Gasteiger charge is -2.30. The van der Waals surface area contributed by atoms with Gasteiger partial charge in [0.15, 0.2) is 0 Å². The minimum Gasteiger partial charge on any atom is -0.543 e. The van der Waals surface area contributed by atoms with E-state index < -0.39 is 8.32 Å². The third-order valence-corrected chi connectivity index (χ3v) is 8.49. The zero-order valence-electron chi connectivity index (χ0n) is 14.1. The SMILES string of the molecule is C=C(C)C(=O)OCCCC[Si](CC)(CC)Oc1ccccc1. The third kappa shape index (κ3) is 6.06. The second kappa shape index (κ2) is 9.46. The first-order chi connectivity index (χ1) is 10.5. The van der Waals surface area contributed by atoms with Crippen LogP contribution in [-0.2, 0) is 9.53 Å². The van der Waals surface area contributed by atoms with Gasteiger partial charge in [-0.1, -0.05) is 38.6 Å². The maximum Gasteiger partial charge on any atom is 0.333 e. The Balaban J connectivity index is 2.43. The first-order valence-electron chi connectivity index (χ1n) is 8.09. The fraction of sp³-hybridized carbons (Fsp3) is 0.500. The standard InChI is InChI=1S/C18H28O3Si/c1-5-22(6-2,21-17-12-8-7-9-13-17)15-11-10-14-20-18(19)16(3)4/h7-9,12-13H,3,5-6,10-11,14-15H2,1-2,4H3. The van der Waals surface area contributed by atoms with Crippen LogP contribution < -0.4 is 4.43 Å². The fourth-order valence-corrected chi connectivity index (χ4v) is 5.50. The molecule has 0 spiro atoms. The Bertz CT molecular complexity index is 466. The number of esters is 1. The van der Waals surface area contributed by atoms with Crippen LogP contribution in [0.25, 0.3) is 0 Å². The van der Waals surface area contributed by atoms with Crippen molar-refractivity contribution in [1.82, 2.24) is 0 Å². The highest BCUT2D eigenvalue weighted by Gasteiger charge is 2.32. The topological polar surface area (TPSA) is 35.5 Å². The van der Waals surface area contributed by atoms with Crippen molar-refractivity contribution in [3.8, 4) is 5.75 Å². The number of ether oxygens (including phenoxy) is 1. The molecule has 0 amide bonds. The predicted molar refractivity (Wildman–Crippen MR) is 93.6 cm³/mol. The summed E-state index contributed by atoms with van der Waals surface area (Å²) in [6, 6.07) is 13.4. The molecular weight excluding hydrogens is 292 g/mol. The molecule has 0 N–H and O–H groups in total. The van der Waals surface area contributed by atoms with Gasteiger partial charge in [-0.2, -0.15) is 0 Å². The Morgan fingerprint density at radius 2 is 1.77 bits per heavy atom. The molecule has 0 aliphatic rings. The number of unbranched alkanes of at least 4 members (excludes halogenated alkanes) is 1. The van der Waals surface area contributed by atoms with Crippen LogP contribution in [0.15, 0.2) is 42.5 Å². The zero-order chi connectivity index (χ0) is 16.4. The average Bonchev–Trinajstić information content (AvgIpc) is 2.54. The van der Waals surface area contributed by atoms with Gasteiger partial charge < -0.3 is 9.16 Å². The second-order valence-corrected chi connectivity index (χ2v) is 10.2. The van der Waals surface area contributed by atoms with Crippen molar-refractivity contribution < 1.29 is 14.0 Å². The summed E-state index contributed by atoms with van der Waals surface area (Å²) >= 11 is 0. The van der Waals surface area contributed by atoms with Gasteiger partial charge >= 0.3 is 5.97 Å². The Kier molecular flexibility index (Phi) is 7.95. The van der Waals surface area contributed by atoms with Crippen molar-refractivity contribution >= 4 is 14.3 Å². The van der Waals surface area contributed by atoms with Crippen LogP contribution >= 0.6 is 0 Å². The van der Waals surface area contributed by atoms with E-state index in [2.05, 4.69) is 20.4 Å². The number of hydrogen-bond donors (Lipinski definition) is 0. The summed E-state index contributed by atoms with van der Waals surface area (Å²) < 4.78 is 11.5. The molecule has 4 heteroatoms. The number of carbonyl (C=O) groups is 1. The minimum atomic E-state index is -1.74. The molecule has 0 aliphatic heterocycles. The van der Waals surface area contributed by atoms with Crippen molar-refractivity contribution in [2.75, 3.05) is 6.61 Å². The quantitative estimate of drug-likeness (QED) is 0.265. The summed E-state index contributed by atoms with van der Waals surface area (Å²) in [7, 11) is -1.74. The number of rotatable bonds is 10. The van der Waals surface area contributed by atoms with Gasteiger partial charge in [-0.05, 0) is 50.0 Å². The molecule has 3 nitrogen and oxygen atoms in total. The summed E-state index contributed by atoms with van der Waals surface area (Å²) in [5, 5.41) is 0. The molecule has 1 aromatic carbocycles. The number of carbonyl (C=O) groups excluding carboxylic acids is 1. The average molecular weight is 321 g/mol. The van der Waals surface area contributed by atoms with Gasteiger partial charge in [0.2, 0.25) is 0 Å². The van der Waals surface area contributed by atoms with E-state index in [1.165, 1.54) is 0 Å². The van der Waals surface area contributed by atoms with Crippen LogP contribution in [0.5, 0.6) is 5.75 Å². The molecule has 0 radical (unpaired) electrons. The Morgan fingerprint density at radius 3 is 2.32 bits per heavy atom. The van der Waals surface area contributed by atoms with Gasteiger partial charge in [0.25, 0.3) is 8.32 Å². The highest BCUT2D eigenvalue weighted by Crippen LogP contribution is 2.27. The van der Waals surface area contributed by atoms with Gasteiger partial charge in [-0.25, -0.2) is 4.79 Å². The monoisotopic (exact) mass is 320 g/mol. The van der Waals surface area contributed by atoms with E-state index in [0.717, 1.165) is 36.7 Å². The van der Waals surface area contributed by atoms with Crippen LogP contribution in [0.2, 0.25) is 18.1 Å². The molecule has 1 rings (SSSR count). The Morgan fingerprint density at radius 1 is 1.14 bits per heavy atom. The van der Waals surface area contributed by atoms with Crippen LogP contribution in [0, 0.1) is 0 Å². The van der Waals surface area contributed by atoms with Crippen molar-refractivity contribution in [2.45, 2.75) is 51.7 Å². The second-order valence-electron chi connectivity index (χ2n) is 5.68. The summed E-state index contributed by atoms with van der Waals surface area (Å²) in [5.74, 6) is 0.682. The van der Waals surface area contributed by atoms with Gasteiger partial charge in [0.05, 0.1) is 6.61 Å². The van der Waals surface area contributed by atoms with Crippen molar-refractivity contribution in [2.24, 2.45) is 0 Å². The van der Waals surface area contributed by atoms with Crippen LogP contribution in [0.4, 0.5) is 0 Å². The van der Waals surface area contributed by atoms with Crippen molar-refractivity contribution in [3.05, 3.63) is 42.5 Å². The van der Waals surface area contributed by atoms with E-state index >= 15 is 0 Å². The fourth-order valence-electron chi connectivity index (χ4n) is 2.37. The van der Waals surface area contributed by atoms with Crippen LogP contribution in [0.3, 0.4) is 0 Å². The molecule has 0 fully saturated rings. The summed E-state index contributed by atoms with van der Waals surface area (Å²) in [5.41, 5.74) is 0.457. The number of para-hydroxylation sites is 1. The highest BCUT2D eigenvalue weighted by molar-refractivity contribution is 6.74. The predicted octanol–water partition coefficient (Wildman–Crippen LogP) is 4.95. The molecule has 0 heterocycles. The van der Waals surface area contributed by atoms with Gasteiger partial charge in [-0.3, -0.25) is 0 Å². The maximum absolute atomic E-state index is 11.3. The maximum atomic E-state index is 11.3. The van der Waals surface area contributed by atoms with Gasteiger partial charge in [0, 0.05) is 5.57 Å². The molecule has 0 bridgehead atoms. The molecule has 0 saturated heterocycles. The lowest BCUT2D eigenvalue weighted by molar-refractivity contribution is -0.139. The number of benzene rings is 1. The minimum absolute atomic E-state index is 0.296. The molecule has 1 aromatic rings. The zero-order valence-corrected chi connectivity index (χ0v) is 15.1. The molecule has 122 valence electrons.